The molecule has 1 amide bonds. The second-order valence-electron chi connectivity index (χ2n) is 6.50. The zero-order valence-corrected chi connectivity index (χ0v) is 15.0. The minimum absolute atomic E-state index is 0.101. The summed E-state index contributed by atoms with van der Waals surface area (Å²) in [6, 6.07) is 5.93. The molecule has 1 fully saturated rings. The Hall–Kier alpha value is -1.70. The van der Waals surface area contributed by atoms with Crippen LogP contribution in [0.25, 0.3) is 0 Å². The highest BCUT2D eigenvalue weighted by Crippen LogP contribution is 2.17. The summed E-state index contributed by atoms with van der Waals surface area (Å²) in [5.41, 5.74) is 1.59. The van der Waals surface area contributed by atoms with Gasteiger partial charge in [0.1, 0.15) is 0 Å². The van der Waals surface area contributed by atoms with Crippen molar-refractivity contribution < 1.29 is 17.9 Å². The first-order valence-corrected chi connectivity index (χ1v) is 10.2. The van der Waals surface area contributed by atoms with E-state index >= 15 is 0 Å². The molecule has 0 bridgehead atoms. The highest BCUT2D eigenvalue weighted by Gasteiger charge is 2.24. The predicted molar refractivity (Wildman–Crippen MR) is 94.9 cm³/mol. The van der Waals surface area contributed by atoms with E-state index < -0.39 is 10.0 Å². The van der Waals surface area contributed by atoms with Crippen molar-refractivity contribution in [3.05, 3.63) is 41.5 Å². The molecule has 0 saturated carbocycles. The number of rotatable bonds is 6. The molecule has 1 atom stereocenters. The maximum absolute atomic E-state index is 12.5. The molecular weight excluding hydrogens is 340 g/mol. The molecule has 1 aromatic carbocycles. The van der Waals surface area contributed by atoms with Crippen molar-refractivity contribution in [3.8, 4) is 0 Å². The molecule has 25 heavy (non-hydrogen) atoms. The van der Waals surface area contributed by atoms with Crippen molar-refractivity contribution in [2.75, 3.05) is 19.8 Å². The van der Waals surface area contributed by atoms with Gasteiger partial charge in [0.25, 0.3) is 5.91 Å². The zero-order chi connectivity index (χ0) is 17.7. The summed E-state index contributed by atoms with van der Waals surface area (Å²) in [4.78, 5) is 12.4. The number of benzene rings is 1. The molecule has 2 aliphatic rings. The van der Waals surface area contributed by atoms with Crippen LogP contribution in [0.2, 0.25) is 0 Å². The van der Waals surface area contributed by atoms with E-state index in [-0.39, 0.29) is 16.8 Å². The average Bonchev–Trinajstić information content (AvgIpc) is 3.13. The topological polar surface area (TPSA) is 84.5 Å². The molecule has 0 aromatic heterocycles. The van der Waals surface area contributed by atoms with Crippen molar-refractivity contribution in [2.45, 2.75) is 43.0 Å². The van der Waals surface area contributed by atoms with Crippen LogP contribution < -0.4 is 10.0 Å². The Morgan fingerprint density at radius 1 is 1.28 bits per heavy atom. The Bertz CT molecular complexity index is 752. The number of carbonyl (C=O) groups is 1. The lowest BCUT2D eigenvalue weighted by Gasteiger charge is -2.14. The fourth-order valence-electron chi connectivity index (χ4n) is 3.08. The Balaban J connectivity index is 1.65. The van der Waals surface area contributed by atoms with E-state index in [0.29, 0.717) is 31.7 Å². The Morgan fingerprint density at radius 2 is 2.16 bits per heavy atom. The minimum Gasteiger partial charge on any atom is -0.380 e. The van der Waals surface area contributed by atoms with E-state index in [0.717, 1.165) is 19.3 Å². The first kappa shape index (κ1) is 18.1. The van der Waals surface area contributed by atoms with Crippen LogP contribution in [0.15, 0.2) is 40.8 Å². The van der Waals surface area contributed by atoms with Crippen LogP contribution in [0.3, 0.4) is 0 Å². The lowest BCUT2D eigenvalue weighted by atomic mass is 9.99. The average molecular weight is 364 g/mol. The van der Waals surface area contributed by atoms with Crippen LogP contribution in [0.4, 0.5) is 0 Å². The monoisotopic (exact) mass is 364 g/mol. The van der Waals surface area contributed by atoms with Gasteiger partial charge in [-0.25, -0.2) is 13.1 Å². The van der Waals surface area contributed by atoms with E-state index in [4.69, 9.17) is 4.74 Å². The van der Waals surface area contributed by atoms with Crippen molar-refractivity contribution in [1.29, 1.82) is 0 Å². The van der Waals surface area contributed by atoms with Gasteiger partial charge in [-0.15, -0.1) is 0 Å². The molecule has 1 aromatic rings. The number of allylic oxidation sites excluding steroid dienone is 1. The molecule has 7 heteroatoms. The standard InChI is InChI=1S/C18H24N2O4S/c21-18(19-12-14-5-2-1-3-6-14)15-7-4-8-17(11-15)25(22,23)20-16-9-10-24-13-16/h4-5,7-8,11,16,20H,1-3,6,9-10,12-13H2,(H,19,21). The molecule has 2 N–H and O–H groups in total. The fourth-order valence-corrected chi connectivity index (χ4v) is 4.38. The maximum atomic E-state index is 12.5. The SMILES string of the molecule is O=C(NCC1=CCCCC1)c1cccc(S(=O)(=O)NC2CCOC2)c1. The van der Waals surface area contributed by atoms with E-state index in [2.05, 4.69) is 16.1 Å². The summed E-state index contributed by atoms with van der Waals surface area (Å²) in [6.07, 6.45) is 7.28. The summed E-state index contributed by atoms with van der Waals surface area (Å²) < 4.78 is 32.7. The molecule has 6 nitrogen and oxygen atoms in total. The number of nitrogens with one attached hydrogen (secondary N) is 2. The molecule has 136 valence electrons. The summed E-state index contributed by atoms with van der Waals surface area (Å²) in [6.45, 7) is 1.47. The predicted octanol–water partition coefficient (Wildman–Crippen LogP) is 1.98. The van der Waals surface area contributed by atoms with Crippen LogP contribution >= 0.6 is 0 Å². The third-order valence-electron chi connectivity index (χ3n) is 4.52. The Labute approximate surface area is 148 Å². The second-order valence-corrected chi connectivity index (χ2v) is 8.21. The van der Waals surface area contributed by atoms with Gasteiger partial charge in [0.05, 0.1) is 11.5 Å². The van der Waals surface area contributed by atoms with Gasteiger partial charge in [-0.05, 0) is 50.3 Å². The van der Waals surface area contributed by atoms with E-state index in [1.807, 2.05) is 0 Å². The molecule has 3 rings (SSSR count). The van der Waals surface area contributed by atoms with Gasteiger partial charge < -0.3 is 10.1 Å². The Morgan fingerprint density at radius 3 is 2.88 bits per heavy atom. The molecule has 0 spiro atoms. The smallest absolute Gasteiger partial charge is 0.251 e. The van der Waals surface area contributed by atoms with E-state index in [9.17, 15) is 13.2 Å². The van der Waals surface area contributed by atoms with E-state index in [1.54, 1.807) is 12.1 Å². The summed E-state index contributed by atoms with van der Waals surface area (Å²) >= 11 is 0. The number of sulfonamides is 1. The van der Waals surface area contributed by atoms with Crippen molar-refractivity contribution in [2.24, 2.45) is 0 Å². The van der Waals surface area contributed by atoms with E-state index in [1.165, 1.54) is 24.1 Å². The largest absolute Gasteiger partial charge is 0.380 e. The first-order valence-electron chi connectivity index (χ1n) is 8.71. The molecular formula is C18H24N2O4S. The quantitative estimate of drug-likeness (QED) is 0.756. The number of hydrogen-bond donors (Lipinski definition) is 2. The third-order valence-corrected chi connectivity index (χ3v) is 6.04. The van der Waals surface area contributed by atoms with Gasteiger partial charge in [-0.2, -0.15) is 0 Å². The molecule has 0 radical (unpaired) electrons. The number of carbonyl (C=O) groups excluding carboxylic acids is 1. The van der Waals surface area contributed by atoms with Gasteiger partial charge >= 0.3 is 0 Å². The van der Waals surface area contributed by atoms with Crippen LogP contribution in [-0.4, -0.2) is 40.1 Å². The summed E-state index contributed by atoms with van der Waals surface area (Å²) in [5.74, 6) is -0.257. The van der Waals surface area contributed by atoms with Crippen LogP contribution in [-0.2, 0) is 14.8 Å². The normalized spacial score (nSPS) is 21.0. The maximum Gasteiger partial charge on any atom is 0.251 e. The number of ether oxygens (including phenoxy) is 1. The second kappa shape index (κ2) is 8.12. The molecule has 1 aliphatic heterocycles. The molecule has 1 unspecified atom stereocenters. The summed E-state index contributed by atoms with van der Waals surface area (Å²) in [5, 5.41) is 2.88. The fraction of sp³-hybridized carbons (Fsp3) is 0.500. The number of amides is 1. The van der Waals surface area contributed by atoms with Crippen molar-refractivity contribution in [3.63, 3.8) is 0 Å². The van der Waals surface area contributed by atoms with Gasteiger partial charge in [-0.1, -0.05) is 17.7 Å². The first-order chi connectivity index (χ1) is 12.0. The molecule has 1 saturated heterocycles. The van der Waals surface area contributed by atoms with Crippen LogP contribution in [0, 0.1) is 0 Å². The highest BCUT2D eigenvalue weighted by molar-refractivity contribution is 7.89. The number of hydrogen-bond acceptors (Lipinski definition) is 4. The lowest BCUT2D eigenvalue weighted by Crippen LogP contribution is -2.35. The van der Waals surface area contributed by atoms with Crippen molar-refractivity contribution >= 4 is 15.9 Å². The molecule has 1 heterocycles. The summed E-state index contributed by atoms with van der Waals surface area (Å²) in [7, 11) is -3.66. The van der Waals surface area contributed by atoms with Crippen LogP contribution in [0.1, 0.15) is 42.5 Å². The lowest BCUT2D eigenvalue weighted by molar-refractivity contribution is 0.0956. The molecule has 1 aliphatic carbocycles. The third kappa shape index (κ3) is 4.90. The van der Waals surface area contributed by atoms with Gasteiger partial charge in [0, 0.05) is 24.8 Å². The van der Waals surface area contributed by atoms with Gasteiger partial charge in [0.15, 0.2) is 0 Å². The van der Waals surface area contributed by atoms with Crippen LogP contribution in [0.5, 0.6) is 0 Å². The minimum atomic E-state index is -3.66. The Kier molecular flexibility index (Phi) is 5.88. The zero-order valence-electron chi connectivity index (χ0n) is 14.2. The van der Waals surface area contributed by atoms with Gasteiger partial charge in [-0.3, -0.25) is 4.79 Å². The highest BCUT2D eigenvalue weighted by atomic mass is 32.2. The van der Waals surface area contributed by atoms with Gasteiger partial charge in [0.2, 0.25) is 10.0 Å². The van der Waals surface area contributed by atoms with Crippen molar-refractivity contribution in [1.82, 2.24) is 10.0 Å².